The Balaban J connectivity index is 3.04. The standard InChI is InChI=1S/C11H13FN2O4S2/c1-8(7-19(2,15)16)14-20(17,18)10-3-4-11(12)9(5-10)6-13/h3-5,8,14H,7H2,1-2H3. The molecule has 0 aliphatic rings. The second-order valence-corrected chi connectivity index (χ2v) is 8.27. The van der Waals surface area contributed by atoms with E-state index in [4.69, 9.17) is 5.26 Å². The van der Waals surface area contributed by atoms with Gasteiger partial charge in [0.05, 0.1) is 16.2 Å². The highest BCUT2D eigenvalue weighted by Gasteiger charge is 2.21. The molecule has 0 saturated heterocycles. The summed E-state index contributed by atoms with van der Waals surface area (Å²) in [5.41, 5.74) is -0.399. The first kappa shape index (κ1) is 16.6. The summed E-state index contributed by atoms with van der Waals surface area (Å²) < 4.78 is 61.4. The summed E-state index contributed by atoms with van der Waals surface area (Å²) in [6.45, 7) is 1.40. The molecule has 0 fully saturated rings. The van der Waals surface area contributed by atoms with Gasteiger partial charge in [-0.1, -0.05) is 0 Å². The molecule has 0 radical (unpaired) electrons. The van der Waals surface area contributed by atoms with E-state index in [1.807, 2.05) is 0 Å². The highest BCUT2D eigenvalue weighted by atomic mass is 32.2. The molecular formula is C11H13FN2O4S2. The van der Waals surface area contributed by atoms with Crippen LogP contribution >= 0.6 is 0 Å². The molecule has 0 aromatic heterocycles. The lowest BCUT2D eigenvalue weighted by molar-refractivity contribution is 0.564. The smallest absolute Gasteiger partial charge is 0.229 e. The molecule has 1 N–H and O–H groups in total. The van der Waals surface area contributed by atoms with Crippen LogP contribution in [0.1, 0.15) is 12.5 Å². The molecule has 1 rings (SSSR count). The van der Waals surface area contributed by atoms with Crippen molar-refractivity contribution in [1.82, 2.24) is 4.72 Å². The van der Waals surface area contributed by atoms with Crippen LogP contribution in [0.2, 0.25) is 0 Å². The Morgan fingerprint density at radius 3 is 2.45 bits per heavy atom. The second kappa shape index (κ2) is 5.87. The lowest BCUT2D eigenvalue weighted by Gasteiger charge is -2.13. The van der Waals surface area contributed by atoms with Crippen molar-refractivity contribution in [3.05, 3.63) is 29.6 Å². The van der Waals surface area contributed by atoms with Gasteiger partial charge in [-0.2, -0.15) is 5.26 Å². The van der Waals surface area contributed by atoms with Crippen LogP contribution in [0.3, 0.4) is 0 Å². The Morgan fingerprint density at radius 2 is 1.95 bits per heavy atom. The topological polar surface area (TPSA) is 104 Å². The lowest BCUT2D eigenvalue weighted by Crippen LogP contribution is -2.37. The molecule has 0 aliphatic carbocycles. The SMILES string of the molecule is CC(CS(C)(=O)=O)NS(=O)(=O)c1ccc(F)c(C#N)c1. The number of benzene rings is 1. The Labute approximate surface area is 117 Å². The zero-order chi connectivity index (χ0) is 15.6. The maximum atomic E-state index is 13.1. The zero-order valence-corrected chi connectivity index (χ0v) is 12.4. The fraction of sp³-hybridized carbons (Fsp3) is 0.364. The van der Waals surface area contributed by atoms with Gasteiger partial charge in [0.25, 0.3) is 0 Å². The van der Waals surface area contributed by atoms with E-state index in [1.54, 1.807) is 0 Å². The number of sulfonamides is 1. The van der Waals surface area contributed by atoms with Gasteiger partial charge >= 0.3 is 0 Å². The number of nitriles is 1. The molecule has 0 bridgehead atoms. The molecule has 110 valence electrons. The van der Waals surface area contributed by atoms with E-state index in [-0.39, 0.29) is 10.6 Å². The van der Waals surface area contributed by atoms with Crippen LogP contribution in [0.15, 0.2) is 23.1 Å². The minimum Gasteiger partial charge on any atom is -0.229 e. The molecular weight excluding hydrogens is 307 g/mol. The molecule has 1 unspecified atom stereocenters. The van der Waals surface area contributed by atoms with Crippen LogP contribution in [-0.2, 0) is 19.9 Å². The van der Waals surface area contributed by atoms with Crippen LogP contribution in [0.5, 0.6) is 0 Å². The van der Waals surface area contributed by atoms with Gasteiger partial charge in [-0.05, 0) is 25.1 Å². The highest BCUT2D eigenvalue weighted by Crippen LogP contribution is 2.14. The average molecular weight is 320 g/mol. The van der Waals surface area contributed by atoms with E-state index in [9.17, 15) is 21.2 Å². The molecule has 0 aliphatic heterocycles. The van der Waals surface area contributed by atoms with Crippen molar-refractivity contribution >= 4 is 19.9 Å². The predicted molar refractivity (Wildman–Crippen MR) is 70.6 cm³/mol. The minimum atomic E-state index is -4.01. The van der Waals surface area contributed by atoms with E-state index < -0.39 is 37.3 Å². The fourth-order valence-corrected chi connectivity index (χ4v) is 3.94. The summed E-state index contributed by atoms with van der Waals surface area (Å²) in [5, 5.41) is 8.66. The molecule has 1 aromatic rings. The summed E-state index contributed by atoms with van der Waals surface area (Å²) in [7, 11) is -7.35. The van der Waals surface area contributed by atoms with Gasteiger partial charge in [-0.25, -0.2) is 25.9 Å². The van der Waals surface area contributed by atoms with E-state index in [0.717, 1.165) is 24.5 Å². The van der Waals surface area contributed by atoms with E-state index in [2.05, 4.69) is 4.72 Å². The molecule has 0 saturated carbocycles. The first-order valence-electron chi connectivity index (χ1n) is 5.45. The molecule has 1 atom stereocenters. The summed E-state index contributed by atoms with van der Waals surface area (Å²) in [6.07, 6.45) is 0.990. The number of hydrogen-bond donors (Lipinski definition) is 1. The lowest BCUT2D eigenvalue weighted by atomic mass is 10.2. The Hall–Kier alpha value is -1.50. The summed E-state index contributed by atoms with van der Waals surface area (Å²) in [5.74, 6) is -1.19. The molecule has 0 amide bonds. The minimum absolute atomic E-state index is 0.296. The van der Waals surface area contributed by atoms with Crippen molar-refractivity contribution in [3.63, 3.8) is 0 Å². The number of rotatable bonds is 5. The third-order valence-electron chi connectivity index (χ3n) is 2.28. The zero-order valence-electron chi connectivity index (χ0n) is 10.8. The van der Waals surface area contributed by atoms with Crippen LogP contribution in [0, 0.1) is 17.1 Å². The monoisotopic (exact) mass is 320 g/mol. The van der Waals surface area contributed by atoms with Crippen LogP contribution in [0.25, 0.3) is 0 Å². The van der Waals surface area contributed by atoms with Gasteiger partial charge in [-0.15, -0.1) is 0 Å². The van der Waals surface area contributed by atoms with Gasteiger partial charge in [0.1, 0.15) is 21.7 Å². The van der Waals surface area contributed by atoms with Crippen LogP contribution in [0.4, 0.5) is 4.39 Å². The van der Waals surface area contributed by atoms with E-state index >= 15 is 0 Å². The van der Waals surface area contributed by atoms with Gasteiger partial charge in [0, 0.05) is 12.3 Å². The van der Waals surface area contributed by atoms with Crippen molar-refractivity contribution in [2.45, 2.75) is 17.9 Å². The van der Waals surface area contributed by atoms with Gasteiger partial charge in [0.2, 0.25) is 10.0 Å². The maximum absolute atomic E-state index is 13.1. The average Bonchev–Trinajstić information content (AvgIpc) is 2.25. The molecule has 20 heavy (non-hydrogen) atoms. The van der Waals surface area contributed by atoms with Crippen LogP contribution in [-0.4, -0.2) is 34.9 Å². The summed E-state index contributed by atoms with van der Waals surface area (Å²) in [6, 6.07) is 3.46. The first-order chi connectivity index (χ1) is 9.05. The van der Waals surface area contributed by atoms with Crippen molar-refractivity contribution in [2.75, 3.05) is 12.0 Å². The van der Waals surface area contributed by atoms with E-state index in [0.29, 0.717) is 0 Å². The number of sulfone groups is 1. The van der Waals surface area contributed by atoms with Crippen molar-refractivity contribution in [1.29, 1.82) is 5.26 Å². The second-order valence-electron chi connectivity index (χ2n) is 4.37. The molecule has 6 nitrogen and oxygen atoms in total. The normalized spacial score (nSPS) is 13.7. The Bertz CT molecular complexity index is 751. The summed E-state index contributed by atoms with van der Waals surface area (Å²) >= 11 is 0. The number of hydrogen-bond acceptors (Lipinski definition) is 5. The van der Waals surface area contributed by atoms with Crippen molar-refractivity contribution in [2.24, 2.45) is 0 Å². The van der Waals surface area contributed by atoms with Gasteiger partial charge in [-0.3, -0.25) is 0 Å². The highest BCUT2D eigenvalue weighted by molar-refractivity contribution is 7.91. The Morgan fingerprint density at radius 1 is 1.35 bits per heavy atom. The first-order valence-corrected chi connectivity index (χ1v) is 8.99. The third-order valence-corrected chi connectivity index (χ3v) is 4.97. The quantitative estimate of drug-likeness (QED) is 0.846. The fourth-order valence-electron chi connectivity index (χ4n) is 1.58. The maximum Gasteiger partial charge on any atom is 0.240 e. The van der Waals surface area contributed by atoms with E-state index in [1.165, 1.54) is 13.0 Å². The number of nitrogens with zero attached hydrogens (tertiary/aromatic N) is 1. The molecule has 0 spiro atoms. The predicted octanol–water partition coefficient (Wildman–Crippen LogP) is 0.409. The number of nitrogens with one attached hydrogen (secondary N) is 1. The van der Waals surface area contributed by atoms with Gasteiger partial charge < -0.3 is 0 Å². The van der Waals surface area contributed by atoms with Crippen molar-refractivity contribution in [3.8, 4) is 6.07 Å². The molecule has 9 heteroatoms. The molecule has 0 heterocycles. The van der Waals surface area contributed by atoms with Gasteiger partial charge in [0.15, 0.2) is 0 Å². The Kier molecular flexibility index (Phi) is 4.86. The summed E-state index contributed by atoms with van der Waals surface area (Å²) in [4.78, 5) is -0.296. The van der Waals surface area contributed by atoms with Crippen LogP contribution < -0.4 is 4.72 Å². The molecule has 1 aromatic carbocycles. The van der Waals surface area contributed by atoms with Crippen molar-refractivity contribution < 1.29 is 21.2 Å². The number of halogens is 1. The largest absolute Gasteiger partial charge is 0.240 e. The third kappa shape index (κ3) is 4.56.